The third-order valence-corrected chi connectivity index (χ3v) is 1.42. The summed E-state index contributed by atoms with van der Waals surface area (Å²) < 4.78 is 12.4. The number of benzene rings is 1. The van der Waals surface area contributed by atoms with Gasteiger partial charge in [0.15, 0.2) is 12.0 Å². The highest BCUT2D eigenvalue weighted by molar-refractivity contribution is 5.99. The van der Waals surface area contributed by atoms with E-state index in [1.807, 2.05) is 0 Å². The van der Waals surface area contributed by atoms with Gasteiger partial charge in [0.25, 0.3) is 0 Å². The summed E-state index contributed by atoms with van der Waals surface area (Å²) in [5.74, 6) is -0.453. The molecule has 0 N–H and O–H groups in total. The molecule has 1 aromatic carbocycles. The van der Waals surface area contributed by atoms with Gasteiger partial charge in [0.2, 0.25) is 0 Å². The van der Waals surface area contributed by atoms with E-state index in [1.165, 1.54) is 6.92 Å². The number of halogens is 1. The van der Waals surface area contributed by atoms with Crippen molar-refractivity contribution in [2.45, 2.75) is 13.1 Å². The Hall–Kier alpha value is -1.18. The van der Waals surface area contributed by atoms with Gasteiger partial charge in [-0.05, 0) is 6.92 Å². The van der Waals surface area contributed by atoms with Crippen molar-refractivity contribution < 1.29 is 9.18 Å². The molecule has 0 saturated carbocycles. The van der Waals surface area contributed by atoms with Crippen LogP contribution in [0.3, 0.4) is 0 Å². The van der Waals surface area contributed by atoms with Crippen molar-refractivity contribution in [1.29, 1.82) is 0 Å². The van der Waals surface area contributed by atoms with Crippen LogP contribution in [0.5, 0.6) is 0 Å². The number of ketones is 1. The lowest BCUT2D eigenvalue weighted by Gasteiger charge is -1.99. The van der Waals surface area contributed by atoms with E-state index in [9.17, 15) is 9.18 Å². The molecule has 0 aliphatic heterocycles. The first-order chi connectivity index (χ1) is 5.22. The van der Waals surface area contributed by atoms with E-state index in [-0.39, 0.29) is 0 Å². The molecule has 58 valence electrons. The minimum absolute atomic E-state index is 0.433. The number of hydrogen-bond acceptors (Lipinski definition) is 1. The molecule has 0 aromatic heterocycles. The molecule has 0 amide bonds. The Labute approximate surface area is 64.9 Å². The van der Waals surface area contributed by atoms with E-state index in [4.69, 9.17) is 0 Å². The molecule has 0 fully saturated rings. The van der Waals surface area contributed by atoms with Crippen LogP contribution in [0.15, 0.2) is 30.3 Å². The molecule has 1 unspecified atom stereocenters. The molecule has 0 aliphatic carbocycles. The van der Waals surface area contributed by atoms with Gasteiger partial charge >= 0.3 is 0 Å². The molecule has 0 spiro atoms. The minimum atomic E-state index is -1.41. The highest BCUT2D eigenvalue weighted by atomic mass is 19.1. The van der Waals surface area contributed by atoms with Crippen LogP contribution in [0.25, 0.3) is 0 Å². The van der Waals surface area contributed by atoms with E-state index in [0.29, 0.717) is 5.56 Å². The Morgan fingerprint density at radius 2 is 1.91 bits per heavy atom. The zero-order valence-electron chi connectivity index (χ0n) is 6.25. The Bertz CT molecular complexity index is 241. The monoisotopic (exact) mass is 152 g/mol. The average Bonchev–Trinajstić information content (AvgIpc) is 2.05. The highest BCUT2D eigenvalue weighted by Gasteiger charge is 2.11. The van der Waals surface area contributed by atoms with Crippen LogP contribution in [0.4, 0.5) is 4.39 Å². The third-order valence-electron chi connectivity index (χ3n) is 1.42. The van der Waals surface area contributed by atoms with Crippen molar-refractivity contribution in [3.63, 3.8) is 0 Å². The molecule has 1 aromatic rings. The van der Waals surface area contributed by atoms with Crippen LogP contribution < -0.4 is 0 Å². The molecule has 0 bridgehead atoms. The summed E-state index contributed by atoms with van der Waals surface area (Å²) in [6.07, 6.45) is -1.41. The maximum absolute atomic E-state index is 12.4. The smallest absolute Gasteiger partial charge is 0.196 e. The number of hydrogen-bond donors (Lipinski definition) is 0. The molecule has 1 rings (SSSR count). The number of rotatable bonds is 2. The maximum atomic E-state index is 12.4. The number of carbonyl (C=O) groups excluding carboxylic acids is 1. The second-order valence-corrected chi connectivity index (χ2v) is 2.35. The number of carbonyl (C=O) groups is 1. The molecule has 0 heterocycles. The fourth-order valence-electron chi connectivity index (χ4n) is 0.832. The van der Waals surface area contributed by atoms with Crippen LogP contribution in [-0.2, 0) is 0 Å². The van der Waals surface area contributed by atoms with Gasteiger partial charge in [0.05, 0.1) is 0 Å². The summed E-state index contributed by atoms with van der Waals surface area (Å²) in [5.41, 5.74) is 0.433. The highest BCUT2D eigenvalue weighted by Crippen LogP contribution is 2.04. The first kappa shape index (κ1) is 7.92. The Balaban J connectivity index is 2.86. The first-order valence-electron chi connectivity index (χ1n) is 3.45. The van der Waals surface area contributed by atoms with Gasteiger partial charge in [-0.1, -0.05) is 30.3 Å². The van der Waals surface area contributed by atoms with Crippen molar-refractivity contribution in [3.05, 3.63) is 35.9 Å². The zero-order chi connectivity index (χ0) is 8.27. The van der Waals surface area contributed by atoms with Crippen molar-refractivity contribution in [1.82, 2.24) is 0 Å². The summed E-state index contributed by atoms with van der Waals surface area (Å²) in [6, 6.07) is 8.45. The summed E-state index contributed by atoms with van der Waals surface area (Å²) in [4.78, 5) is 11.0. The standard InChI is InChI=1S/C9H9FO/c1-7(10)9(11)8-5-3-2-4-6-8/h2-7H,1H3. The van der Waals surface area contributed by atoms with Gasteiger partial charge in [-0.2, -0.15) is 0 Å². The van der Waals surface area contributed by atoms with Crippen LogP contribution in [0.1, 0.15) is 17.3 Å². The van der Waals surface area contributed by atoms with Crippen molar-refractivity contribution in [2.24, 2.45) is 0 Å². The third kappa shape index (κ3) is 1.87. The lowest BCUT2D eigenvalue weighted by Crippen LogP contribution is -2.10. The molecular weight excluding hydrogens is 143 g/mol. The summed E-state index contributed by atoms with van der Waals surface area (Å²) in [7, 11) is 0. The lowest BCUT2D eigenvalue weighted by atomic mass is 10.1. The SMILES string of the molecule is CC(F)C(=O)c1ccccc1. The van der Waals surface area contributed by atoms with Crippen molar-refractivity contribution in [2.75, 3.05) is 0 Å². The van der Waals surface area contributed by atoms with E-state index < -0.39 is 12.0 Å². The fraction of sp³-hybridized carbons (Fsp3) is 0.222. The molecule has 0 aliphatic rings. The quantitative estimate of drug-likeness (QED) is 0.594. The van der Waals surface area contributed by atoms with Gasteiger partial charge in [-0.25, -0.2) is 4.39 Å². The normalized spacial score (nSPS) is 12.5. The van der Waals surface area contributed by atoms with Gasteiger partial charge in [-0.15, -0.1) is 0 Å². The van der Waals surface area contributed by atoms with Gasteiger partial charge < -0.3 is 0 Å². The molecule has 1 nitrogen and oxygen atoms in total. The maximum Gasteiger partial charge on any atom is 0.196 e. The average molecular weight is 152 g/mol. The van der Waals surface area contributed by atoms with Crippen LogP contribution >= 0.6 is 0 Å². The lowest BCUT2D eigenvalue weighted by molar-refractivity contribution is 0.0893. The van der Waals surface area contributed by atoms with Crippen molar-refractivity contribution >= 4 is 5.78 Å². The van der Waals surface area contributed by atoms with E-state index >= 15 is 0 Å². The van der Waals surface area contributed by atoms with Gasteiger partial charge in [-0.3, -0.25) is 4.79 Å². The summed E-state index contributed by atoms with van der Waals surface area (Å²) in [6.45, 7) is 1.25. The van der Waals surface area contributed by atoms with Crippen LogP contribution in [-0.4, -0.2) is 12.0 Å². The van der Waals surface area contributed by atoms with E-state index in [1.54, 1.807) is 30.3 Å². The predicted octanol–water partition coefficient (Wildman–Crippen LogP) is 2.23. The molecule has 0 saturated heterocycles. The fourth-order valence-corrected chi connectivity index (χ4v) is 0.832. The second kappa shape index (κ2) is 3.28. The molecule has 2 heteroatoms. The summed E-state index contributed by atoms with van der Waals surface area (Å²) in [5, 5.41) is 0. The topological polar surface area (TPSA) is 17.1 Å². The predicted molar refractivity (Wildman–Crippen MR) is 41.3 cm³/mol. The Morgan fingerprint density at radius 3 is 2.36 bits per heavy atom. The van der Waals surface area contributed by atoms with E-state index in [0.717, 1.165) is 0 Å². The number of Topliss-reactive ketones (excluding diaryl/α,β-unsaturated/α-hetero) is 1. The second-order valence-electron chi connectivity index (χ2n) is 2.35. The summed E-state index contributed by atoms with van der Waals surface area (Å²) >= 11 is 0. The van der Waals surface area contributed by atoms with Crippen molar-refractivity contribution in [3.8, 4) is 0 Å². The van der Waals surface area contributed by atoms with Crippen LogP contribution in [0, 0.1) is 0 Å². The largest absolute Gasteiger partial charge is 0.291 e. The zero-order valence-corrected chi connectivity index (χ0v) is 6.25. The van der Waals surface area contributed by atoms with Gasteiger partial charge in [0, 0.05) is 5.56 Å². The molecule has 0 radical (unpaired) electrons. The molecular formula is C9H9FO. The first-order valence-corrected chi connectivity index (χ1v) is 3.45. The molecule has 11 heavy (non-hydrogen) atoms. The Kier molecular flexibility index (Phi) is 2.36. The van der Waals surface area contributed by atoms with Gasteiger partial charge in [0.1, 0.15) is 0 Å². The van der Waals surface area contributed by atoms with Crippen LogP contribution in [0.2, 0.25) is 0 Å². The van der Waals surface area contributed by atoms with E-state index in [2.05, 4.69) is 0 Å². The number of alkyl halides is 1. The Morgan fingerprint density at radius 1 is 1.36 bits per heavy atom. The molecule has 1 atom stereocenters. The minimum Gasteiger partial charge on any atom is -0.291 e.